The van der Waals surface area contributed by atoms with Gasteiger partial charge in [0.1, 0.15) is 12.1 Å². The van der Waals surface area contributed by atoms with Crippen LogP contribution >= 0.6 is 0 Å². The van der Waals surface area contributed by atoms with E-state index in [-0.39, 0.29) is 28.9 Å². The molecule has 2 aliphatic heterocycles. The summed E-state index contributed by atoms with van der Waals surface area (Å²) in [7, 11) is 0. The Labute approximate surface area is 127 Å². The van der Waals surface area contributed by atoms with Crippen LogP contribution in [-0.2, 0) is 14.3 Å². The summed E-state index contributed by atoms with van der Waals surface area (Å²) in [5.74, 6) is -0.0238. The number of ether oxygens (including phenoxy) is 1. The molecule has 0 bridgehead atoms. The van der Waals surface area contributed by atoms with Crippen LogP contribution in [0.15, 0.2) is 0 Å². The van der Waals surface area contributed by atoms with Crippen molar-refractivity contribution in [3.05, 3.63) is 0 Å². The molecule has 1 N–H and O–H groups in total. The minimum atomic E-state index is -0.460. The predicted octanol–water partition coefficient (Wildman–Crippen LogP) is 1.71. The number of piperazine rings is 1. The Bertz CT molecular complexity index is 422. The molecule has 3 atom stereocenters. The van der Waals surface area contributed by atoms with Crippen LogP contribution in [0.25, 0.3) is 0 Å². The third kappa shape index (κ3) is 3.23. The Kier molecular flexibility index (Phi) is 4.34. The molecule has 0 aromatic rings. The molecule has 2 fully saturated rings. The lowest BCUT2D eigenvalue weighted by atomic mass is 9.83. The minimum absolute atomic E-state index is 0.0191. The average molecular weight is 296 g/mol. The molecule has 2 aliphatic rings. The van der Waals surface area contributed by atoms with E-state index in [1.807, 2.05) is 34.6 Å². The van der Waals surface area contributed by atoms with Crippen molar-refractivity contribution in [3.63, 3.8) is 0 Å². The van der Waals surface area contributed by atoms with E-state index in [4.69, 9.17) is 4.74 Å². The maximum Gasteiger partial charge on any atom is 0.246 e. The first-order chi connectivity index (χ1) is 9.68. The van der Waals surface area contributed by atoms with E-state index in [0.29, 0.717) is 13.0 Å². The van der Waals surface area contributed by atoms with Gasteiger partial charge in [-0.25, -0.2) is 0 Å². The molecule has 5 nitrogen and oxygen atoms in total. The van der Waals surface area contributed by atoms with Crippen LogP contribution in [0.2, 0.25) is 0 Å². The second kappa shape index (κ2) is 5.59. The van der Waals surface area contributed by atoms with Gasteiger partial charge in [-0.05, 0) is 31.6 Å². The highest BCUT2D eigenvalue weighted by Gasteiger charge is 2.47. The summed E-state index contributed by atoms with van der Waals surface area (Å²) in [6.07, 6.45) is 2.59. The largest absolute Gasteiger partial charge is 0.373 e. The first-order valence-corrected chi connectivity index (χ1v) is 7.93. The molecule has 0 aliphatic carbocycles. The second-order valence-corrected chi connectivity index (χ2v) is 7.60. The zero-order valence-corrected chi connectivity index (χ0v) is 13.9. The van der Waals surface area contributed by atoms with Gasteiger partial charge in [0.15, 0.2) is 0 Å². The van der Waals surface area contributed by atoms with Gasteiger partial charge in [-0.2, -0.15) is 0 Å². The Morgan fingerprint density at radius 1 is 1.38 bits per heavy atom. The monoisotopic (exact) mass is 296 g/mol. The third-order valence-electron chi connectivity index (χ3n) is 4.55. The number of nitrogens with one attached hydrogen (secondary N) is 1. The number of nitrogens with zero attached hydrogens (tertiary/aromatic N) is 1. The van der Waals surface area contributed by atoms with Gasteiger partial charge in [0.2, 0.25) is 11.8 Å². The molecular formula is C16H28N2O3. The molecule has 120 valence electrons. The summed E-state index contributed by atoms with van der Waals surface area (Å²) in [4.78, 5) is 27.0. The van der Waals surface area contributed by atoms with E-state index >= 15 is 0 Å². The Morgan fingerprint density at radius 2 is 2.05 bits per heavy atom. The topological polar surface area (TPSA) is 58.6 Å². The van der Waals surface area contributed by atoms with Crippen LogP contribution in [0.4, 0.5) is 0 Å². The predicted molar refractivity (Wildman–Crippen MR) is 80.8 cm³/mol. The van der Waals surface area contributed by atoms with Gasteiger partial charge in [0, 0.05) is 6.61 Å². The lowest BCUT2D eigenvalue weighted by Gasteiger charge is -2.45. The summed E-state index contributed by atoms with van der Waals surface area (Å²) in [5, 5.41) is 2.90. The summed E-state index contributed by atoms with van der Waals surface area (Å²) in [6, 6.07) is -0.838. The van der Waals surface area contributed by atoms with Crippen LogP contribution in [-0.4, -0.2) is 47.6 Å². The van der Waals surface area contributed by atoms with E-state index < -0.39 is 6.04 Å². The molecule has 2 rings (SSSR count). The van der Waals surface area contributed by atoms with Crippen molar-refractivity contribution < 1.29 is 14.3 Å². The number of carbonyl (C=O) groups excluding carboxylic acids is 2. The van der Waals surface area contributed by atoms with Crippen molar-refractivity contribution >= 4 is 11.8 Å². The molecule has 3 unspecified atom stereocenters. The summed E-state index contributed by atoms with van der Waals surface area (Å²) in [5.41, 5.74) is -0.607. The lowest BCUT2D eigenvalue weighted by molar-refractivity contribution is -0.156. The normalized spacial score (nSPS) is 34.2. The molecule has 21 heavy (non-hydrogen) atoms. The maximum absolute atomic E-state index is 12.9. The van der Waals surface area contributed by atoms with Crippen LogP contribution < -0.4 is 5.32 Å². The molecular weight excluding hydrogens is 268 g/mol. The summed E-state index contributed by atoms with van der Waals surface area (Å²) in [6.45, 7) is 11.2. The first-order valence-electron chi connectivity index (χ1n) is 7.93. The highest BCUT2D eigenvalue weighted by atomic mass is 16.5. The third-order valence-corrected chi connectivity index (χ3v) is 4.55. The van der Waals surface area contributed by atoms with Crippen molar-refractivity contribution in [2.75, 3.05) is 13.2 Å². The smallest absolute Gasteiger partial charge is 0.246 e. The van der Waals surface area contributed by atoms with Gasteiger partial charge >= 0.3 is 0 Å². The SMILES string of the molecule is CCC1C(=O)NC(C(C)(C)C)C(=O)N1CC1(C)CCCO1. The van der Waals surface area contributed by atoms with E-state index in [2.05, 4.69) is 5.32 Å². The fourth-order valence-corrected chi connectivity index (χ4v) is 3.26. The Morgan fingerprint density at radius 3 is 2.52 bits per heavy atom. The molecule has 0 spiro atoms. The summed E-state index contributed by atoms with van der Waals surface area (Å²) < 4.78 is 5.81. The maximum atomic E-state index is 12.9. The lowest BCUT2D eigenvalue weighted by Crippen LogP contribution is -2.68. The highest BCUT2D eigenvalue weighted by molar-refractivity contribution is 5.97. The molecule has 5 heteroatoms. The minimum Gasteiger partial charge on any atom is -0.373 e. The number of amides is 2. The van der Waals surface area contributed by atoms with E-state index in [9.17, 15) is 9.59 Å². The van der Waals surface area contributed by atoms with E-state index in [1.54, 1.807) is 4.90 Å². The van der Waals surface area contributed by atoms with Crippen LogP contribution in [0.1, 0.15) is 53.9 Å². The molecule has 0 aromatic heterocycles. The van der Waals surface area contributed by atoms with Gasteiger partial charge < -0.3 is 15.0 Å². The molecule has 0 radical (unpaired) electrons. The van der Waals surface area contributed by atoms with Crippen LogP contribution in [0, 0.1) is 5.41 Å². The van der Waals surface area contributed by atoms with Gasteiger partial charge in [-0.3, -0.25) is 9.59 Å². The fourth-order valence-electron chi connectivity index (χ4n) is 3.26. The fraction of sp³-hybridized carbons (Fsp3) is 0.875. The van der Waals surface area contributed by atoms with Gasteiger partial charge in [0.05, 0.1) is 12.1 Å². The van der Waals surface area contributed by atoms with Crippen LogP contribution in [0.3, 0.4) is 0 Å². The molecule has 0 saturated carbocycles. The first kappa shape index (κ1) is 16.3. The standard InChI is InChI=1S/C16H28N2O3/c1-6-11-13(19)17-12(15(2,3)4)14(20)18(11)10-16(5)8-7-9-21-16/h11-12H,6-10H2,1-5H3,(H,17,19). The molecule has 2 amide bonds. The molecule has 2 heterocycles. The zero-order chi connectivity index (χ0) is 15.8. The average Bonchev–Trinajstić information content (AvgIpc) is 2.79. The number of carbonyl (C=O) groups is 2. The Balaban J connectivity index is 2.24. The van der Waals surface area contributed by atoms with Crippen LogP contribution in [0.5, 0.6) is 0 Å². The number of rotatable bonds is 3. The highest BCUT2D eigenvalue weighted by Crippen LogP contribution is 2.31. The quantitative estimate of drug-likeness (QED) is 0.862. The van der Waals surface area contributed by atoms with E-state index in [1.165, 1.54) is 0 Å². The van der Waals surface area contributed by atoms with Crippen molar-refractivity contribution in [2.24, 2.45) is 5.41 Å². The zero-order valence-electron chi connectivity index (χ0n) is 13.9. The van der Waals surface area contributed by atoms with Crippen molar-refractivity contribution in [1.82, 2.24) is 10.2 Å². The van der Waals surface area contributed by atoms with Crippen molar-refractivity contribution in [2.45, 2.75) is 71.6 Å². The van der Waals surface area contributed by atoms with E-state index in [0.717, 1.165) is 19.4 Å². The Hall–Kier alpha value is -1.10. The summed E-state index contributed by atoms with van der Waals surface area (Å²) >= 11 is 0. The number of hydrogen-bond donors (Lipinski definition) is 1. The van der Waals surface area contributed by atoms with Crippen molar-refractivity contribution in [1.29, 1.82) is 0 Å². The molecule has 2 saturated heterocycles. The van der Waals surface area contributed by atoms with Crippen molar-refractivity contribution in [3.8, 4) is 0 Å². The van der Waals surface area contributed by atoms with Gasteiger partial charge in [-0.15, -0.1) is 0 Å². The molecule has 0 aromatic carbocycles. The van der Waals surface area contributed by atoms with Gasteiger partial charge in [0.25, 0.3) is 0 Å². The van der Waals surface area contributed by atoms with Gasteiger partial charge in [-0.1, -0.05) is 27.7 Å². The second-order valence-electron chi connectivity index (χ2n) is 7.60. The number of hydrogen-bond acceptors (Lipinski definition) is 3.